The fourth-order valence-electron chi connectivity index (χ4n) is 10.3. The van der Waals surface area contributed by atoms with Crippen LogP contribution in [0.4, 0.5) is 0 Å². The molecule has 2 unspecified atom stereocenters. The Morgan fingerprint density at radius 1 is 0.635 bits per heavy atom. The van der Waals surface area contributed by atoms with Gasteiger partial charge in [0.05, 0.1) is 36.5 Å². The topological polar surface area (TPSA) is 195 Å². The Balaban J connectivity index is 0.000000169. The summed E-state index contributed by atoms with van der Waals surface area (Å²) in [5.41, 5.74) is 17.7. The van der Waals surface area contributed by atoms with E-state index in [1.807, 2.05) is 83.6 Å². The van der Waals surface area contributed by atoms with E-state index in [0.29, 0.717) is 25.1 Å². The second kappa shape index (κ2) is 23.2. The molecule has 0 fully saturated rings. The normalized spacial score (nSPS) is 13.6. The van der Waals surface area contributed by atoms with Gasteiger partial charge >= 0.3 is 17.9 Å². The first-order valence-electron chi connectivity index (χ1n) is 25.2. The van der Waals surface area contributed by atoms with Gasteiger partial charge in [0, 0.05) is 50.1 Å². The van der Waals surface area contributed by atoms with Crippen LogP contribution >= 0.6 is 0 Å². The molecule has 10 rings (SSSR count). The second-order valence-corrected chi connectivity index (χ2v) is 19.0. The highest BCUT2D eigenvalue weighted by molar-refractivity contribution is 5.96. The van der Waals surface area contributed by atoms with Crippen molar-refractivity contribution < 1.29 is 34.1 Å². The van der Waals surface area contributed by atoms with Gasteiger partial charge < -0.3 is 25.2 Å². The number of nitrogens with one attached hydrogen (secondary N) is 1. The van der Waals surface area contributed by atoms with Crippen LogP contribution in [-0.2, 0) is 53.3 Å². The highest BCUT2D eigenvalue weighted by Gasteiger charge is 2.28. The molecule has 74 heavy (non-hydrogen) atoms. The lowest BCUT2D eigenvalue weighted by Gasteiger charge is -2.30. The number of carboxylic acids is 2. The maximum atomic E-state index is 13.2. The number of carboxylic acid groups (broad SMARTS) is 2. The number of ether oxygens (including phenoxy) is 1. The van der Waals surface area contributed by atoms with Crippen LogP contribution in [-0.4, -0.2) is 89.1 Å². The van der Waals surface area contributed by atoms with Crippen LogP contribution in [0.25, 0.3) is 22.1 Å². The van der Waals surface area contributed by atoms with Gasteiger partial charge in [0.1, 0.15) is 11.0 Å². The number of carbonyl (C=O) groups excluding carboxylic acids is 2. The average molecular weight is 997 g/mol. The summed E-state index contributed by atoms with van der Waals surface area (Å²) in [6.07, 6.45) is 2.10. The van der Waals surface area contributed by atoms with E-state index < -0.39 is 11.9 Å². The number of amides is 1. The van der Waals surface area contributed by atoms with Crippen molar-refractivity contribution in [1.29, 1.82) is 0 Å². The summed E-state index contributed by atoms with van der Waals surface area (Å²) in [6.45, 7) is 16.4. The molecule has 1 amide bonds. The van der Waals surface area contributed by atoms with E-state index >= 15 is 0 Å². The van der Waals surface area contributed by atoms with Crippen LogP contribution < -0.4 is 5.32 Å². The van der Waals surface area contributed by atoms with Crippen LogP contribution in [0, 0.1) is 27.7 Å². The third-order valence-electron chi connectivity index (χ3n) is 14.5. The summed E-state index contributed by atoms with van der Waals surface area (Å²) >= 11 is 0. The van der Waals surface area contributed by atoms with E-state index in [4.69, 9.17) is 9.84 Å². The maximum absolute atomic E-state index is 13.2. The second-order valence-electron chi connectivity index (χ2n) is 19.0. The Morgan fingerprint density at radius 2 is 1.16 bits per heavy atom. The molecule has 2 atom stereocenters. The molecule has 15 heteroatoms. The Morgan fingerprint density at radius 3 is 1.68 bits per heavy atom. The number of nitrogens with zero attached hydrogens (tertiary/aromatic N) is 7. The summed E-state index contributed by atoms with van der Waals surface area (Å²) in [6, 6.07) is 35.6. The number of carbonyl (C=O) groups is 4. The number of rotatable bonds is 12. The van der Waals surface area contributed by atoms with Crippen molar-refractivity contribution in [3.8, 4) is 0 Å². The standard InChI is InChI=1S/C29H30N4O3.C22H26N4O2.C8H8O2/c1-4-33-26-12-11-24(19(3)28(26)30-31-33)25(16-27(34)35)21-10-9-20-13-14-32(17-22(20)15-21)29(36)23-8-6-5-7-18(23)2;1-4-26-20-8-7-18(14(2)22(20)24-25-26)19(12-21(27)28-3)16-6-5-15-9-10-23-13-17(15)11-16;1-6-4-2-3-5-7(6)8(9)10/h5-12,15,25H,4,13-14,16-17H2,1-3H3,(H,34,35);5-8,11,19,23H,4,9-10,12-13H2,1-3H3;2-5H,1H3,(H,9,10). The van der Waals surface area contributed by atoms with E-state index in [1.165, 1.54) is 23.8 Å². The summed E-state index contributed by atoms with van der Waals surface area (Å²) in [5, 5.41) is 39.0. The van der Waals surface area contributed by atoms with Crippen molar-refractivity contribution in [3.63, 3.8) is 0 Å². The first-order chi connectivity index (χ1) is 35.7. The SMILES string of the molecule is CCn1nnc2c(C)c(C(CC(=O)O)c3ccc4c(c3)CN(C(=O)c3ccccc3C)CC4)ccc21.CCn1nnc2c(C)c(C(CC(=O)OC)c3ccc4c(c3)CNCC4)ccc21.Cc1ccccc1C(=O)O. The van der Waals surface area contributed by atoms with Crippen molar-refractivity contribution >= 4 is 45.9 Å². The fourth-order valence-corrected chi connectivity index (χ4v) is 10.3. The summed E-state index contributed by atoms with van der Waals surface area (Å²) in [7, 11) is 1.44. The van der Waals surface area contributed by atoms with Crippen LogP contribution in [0.2, 0.25) is 0 Å². The first kappa shape index (κ1) is 52.3. The van der Waals surface area contributed by atoms with E-state index in [2.05, 4.69) is 82.3 Å². The van der Waals surface area contributed by atoms with E-state index in [0.717, 1.165) is 117 Å². The lowest BCUT2D eigenvalue weighted by molar-refractivity contribution is -0.141. The van der Waals surface area contributed by atoms with Gasteiger partial charge in [0.15, 0.2) is 0 Å². The molecule has 0 bridgehead atoms. The minimum atomic E-state index is -0.863. The predicted octanol–water partition coefficient (Wildman–Crippen LogP) is 9.67. The highest BCUT2D eigenvalue weighted by Crippen LogP contribution is 2.37. The lowest BCUT2D eigenvalue weighted by Crippen LogP contribution is -2.36. The Bertz CT molecular complexity index is 3380. The molecule has 3 N–H and O–H groups in total. The molecule has 0 radical (unpaired) electrons. The van der Waals surface area contributed by atoms with E-state index in [1.54, 1.807) is 25.1 Å². The molecule has 15 nitrogen and oxygen atoms in total. The number of hydrogen-bond donors (Lipinski definition) is 3. The van der Waals surface area contributed by atoms with E-state index in [-0.39, 0.29) is 30.1 Å². The number of methoxy groups -OCH3 is 1. The number of benzene rings is 6. The molecule has 8 aromatic rings. The number of aromatic nitrogens is 6. The molecular formula is C59H64N8O7. The number of hydrogen-bond acceptors (Lipinski definition) is 10. The van der Waals surface area contributed by atoms with Gasteiger partial charge in [0.25, 0.3) is 5.91 Å². The zero-order valence-corrected chi connectivity index (χ0v) is 43.2. The first-order valence-corrected chi connectivity index (χ1v) is 25.2. The van der Waals surface area contributed by atoms with Gasteiger partial charge in [-0.25, -0.2) is 14.2 Å². The van der Waals surface area contributed by atoms with Crippen molar-refractivity contribution in [2.45, 2.75) is 105 Å². The monoisotopic (exact) mass is 996 g/mol. The van der Waals surface area contributed by atoms with Crippen LogP contribution in [0.3, 0.4) is 0 Å². The van der Waals surface area contributed by atoms with Crippen molar-refractivity contribution in [2.24, 2.45) is 0 Å². The Labute approximate surface area is 431 Å². The van der Waals surface area contributed by atoms with Crippen LogP contribution in [0.1, 0.15) is 126 Å². The van der Waals surface area contributed by atoms with Gasteiger partial charge in [-0.2, -0.15) is 0 Å². The quantitative estimate of drug-likeness (QED) is 0.0983. The maximum Gasteiger partial charge on any atom is 0.335 e. The number of fused-ring (bicyclic) bond motifs is 4. The van der Waals surface area contributed by atoms with Crippen molar-refractivity contribution in [1.82, 2.24) is 40.2 Å². The molecule has 2 aromatic heterocycles. The third-order valence-corrected chi connectivity index (χ3v) is 14.5. The van der Waals surface area contributed by atoms with Gasteiger partial charge in [-0.1, -0.05) is 95.4 Å². The van der Waals surface area contributed by atoms with Gasteiger partial charge in [-0.3, -0.25) is 14.4 Å². The van der Waals surface area contributed by atoms with Gasteiger partial charge in [-0.05, 0) is 152 Å². The minimum Gasteiger partial charge on any atom is -0.481 e. The highest BCUT2D eigenvalue weighted by atomic mass is 16.5. The van der Waals surface area contributed by atoms with Crippen LogP contribution in [0.15, 0.2) is 109 Å². The van der Waals surface area contributed by atoms with Gasteiger partial charge in [-0.15, -0.1) is 10.2 Å². The molecule has 2 aliphatic rings. The average Bonchev–Trinajstić information content (AvgIpc) is 4.05. The summed E-state index contributed by atoms with van der Waals surface area (Å²) < 4.78 is 8.74. The molecule has 0 saturated heterocycles. The van der Waals surface area contributed by atoms with Crippen LogP contribution in [0.5, 0.6) is 0 Å². The summed E-state index contributed by atoms with van der Waals surface area (Å²) in [5.74, 6) is -2.30. The Hall–Kier alpha value is -8.04. The third kappa shape index (κ3) is 11.3. The zero-order chi connectivity index (χ0) is 52.6. The fraction of sp³-hybridized carbons (Fsp3) is 0.322. The smallest absolute Gasteiger partial charge is 0.335 e. The van der Waals surface area contributed by atoms with Crippen molar-refractivity contribution in [3.05, 3.63) is 187 Å². The summed E-state index contributed by atoms with van der Waals surface area (Å²) in [4.78, 5) is 49.7. The zero-order valence-electron chi connectivity index (χ0n) is 43.2. The van der Waals surface area contributed by atoms with Crippen molar-refractivity contribution in [2.75, 3.05) is 20.2 Å². The molecular weight excluding hydrogens is 933 g/mol. The molecule has 382 valence electrons. The number of esters is 1. The lowest BCUT2D eigenvalue weighted by atomic mass is 9.83. The number of aliphatic carboxylic acids is 1. The molecule has 4 heterocycles. The Kier molecular flexibility index (Phi) is 16.4. The molecule has 2 aliphatic heterocycles. The molecule has 0 saturated carbocycles. The molecule has 0 aliphatic carbocycles. The molecule has 0 spiro atoms. The van der Waals surface area contributed by atoms with Gasteiger partial charge in [0.2, 0.25) is 0 Å². The predicted molar refractivity (Wildman–Crippen MR) is 285 cm³/mol. The minimum absolute atomic E-state index is 0.0289. The largest absolute Gasteiger partial charge is 0.481 e. The number of aryl methyl sites for hydroxylation is 6. The van der Waals surface area contributed by atoms with E-state index in [9.17, 15) is 24.3 Å². The molecule has 6 aromatic carbocycles. The number of aromatic carboxylic acids is 1.